The minimum Gasteiger partial charge on any atom is -0.506 e. The van der Waals surface area contributed by atoms with Gasteiger partial charge in [-0.15, -0.1) is 0 Å². The van der Waals surface area contributed by atoms with Gasteiger partial charge in [0.15, 0.2) is 0 Å². The molecule has 8 nitrogen and oxygen atoms in total. The predicted molar refractivity (Wildman–Crippen MR) is 132 cm³/mol. The first-order valence-electron chi connectivity index (χ1n) is 11.2. The third-order valence-electron chi connectivity index (χ3n) is 5.30. The summed E-state index contributed by atoms with van der Waals surface area (Å²) >= 11 is 6.30. The van der Waals surface area contributed by atoms with Gasteiger partial charge in [0.05, 0.1) is 24.0 Å². The second-order valence-electron chi connectivity index (χ2n) is 10.5. The van der Waals surface area contributed by atoms with Gasteiger partial charge in [-0.3, -0.25) is 9.78 Å². The number of amides is 2. The highest BCUT2D eigenvalue weighted by Crippen LogP contribution is 2.37. The summed E-state index contributed by atoms with van der Waals surface area (Å²) in [4.78, 5) is 30.6. The summed E-state index contributed by atoms with van der Waals surface area (Å²) < 4.78 is 5.33. The van der Waals surface area contributed by atoms with Crippen molar-refractivity contribution in [3.05, 3.63) is 52.3 Å². The Kier molecular flexibility index (Phi) is 7.31. The van der Waals surface area contributed by atoms with Crippen LogP contribution in [0.1, 0.15) is 63.2 Å². The van der Waals surface area contributed by atoms with Crippen LogP contribution in [0, 0.1) is 0 Å². The summed E-state index contributed by atoms with van der Waals surface area (Å²) in [5, 5.41) is 16.9. The highest BCUT2D eigenvalue weighted by Gasteiger charge is 2.34. The summed E-state index contributed by atoms with van der Waals surface area (Å²) in [6.45, 7) is 12.7. The van der Waals surface area contributed by atoms with Crippen molar-refractivity contribution < 1.29 is 19.4 Å². The van der Waals surface area contributed by atoms with E-state index >= 15 is 0 Å². The van der Waals surface area contributed by atoms with Crippen molar-refractivity contribution >= 4 is 29.3 Å². The molecule has 0 spiro atoms. The maximum Gasteiger partial charge on any atom is 0.410 e. The summed E-state index contributed by atoms with van der Waals surface area (Å²) in [6.07, 6.45) is 1.19. The van der Waals surface area contributed by atoms with Crippen molar-refractivity contribution in [3.63, 3.8) is 0 Å². The van der Waals surface area contributed by atoms with Gasteiger partial charge in [-0.2, -0.15) is 0 Å². The smallest absolute Gasteiger partial charge is 0.410 e. The number of likely N-dealkylation sites (tertiary alicyclic amines) is 1. The maximum absolute atomic E-state index is 12.7. The normalized spacial score (nSPS) is 14.4. The molecule has 0 aliphatic carbocycles. The topological polar surface area (TPSA) is 104 Å². The fourth-order valence-electron chi connectivity index (χ4n) is 3.50. The van der Waals surface area contributed by atoms with Gasteiger partial charge in [0.25, 0.3) is 5.91 Å². The molecule has 1 aliphatic heterocycles. The van der Waals surface area contributed by atoms with E-state index in [2.05, 4.69) is 15.6 Å². The molecule has 0 atom stereocenters. The number of carbonyl (C=O) groups excluding carboxylic acids is 2. The molecule has 1 aliphatic rings. The lowest BCUT2D eigenvalue weighted by molar-refractivity contribution is 0.00533. The Balaban J connectivity index is 1.58. The monoisotopic (exact) mass is 488 g/mol. The number of benzene rings is 1. The minimum atomic E-state index is -0.552. The zero-order chi connectivity index (χ0) is 25.3. The number of carbonyl (C=O) groups is 2. The fraction of sp³-hybridized carbons (Fsp3) is 0.480. The summed E-state index contributed by atoms with van der Waals surface area (Å²) in [5.41, 5.74) is 1.84. The maximum atomic E-state index is 12.7. The van der Waals surface area contributed by atoms with E-state index in [1.807, 2.05) is 47.6 Å². The Bertz CT molecular complexity index is 1070. The van der Waals surface area contributed by atoms with E-state index in [0.717, 1.165) is 5.56 Å². The first-order valence-corrected chi connectivity index (χ1v) is 11.6. The van der Waals surface area contributed by atoms with E-state index in [9.17, 15) is 14.7 Å². The van der Waals surface area contributed by atoms with Crippen molar-refractivity contribution in [1.82, 2.24) is 15.2 Å². The number of nitrogens with one attached hydrogen (secondary N) is 2. The molecule has 2 amide bonds. The number of pyridine rings is 1. The van der Waals surface area contributed by atoms with Crippen LogP contribution >= 0.6 is 11.6 Å². The number of aromatic hydroxyl groups is 1. The van der Waals surface area contributed by atoms with Crippen molar-refractivity contribution in [2.45, 2.75) is 65.1 Å². The van der Waals surface area contributed by atoms with Crippen molar-refractivity contribution in [1.29, 1.82) is 0 Å². The third kappa shape index (κ3) is 6.53. The fourth-order valence-corrected chi connectivity index (χ4v) is 3.94. The molecule has 34 heavy (non-hydrogen) atoms. The highest BCUT2D eigenvalue weighted by atomic mass is 35.5. The molecule has 3 rings (SSSR count). The minimum absolute atomic E-state index is 0.0476. The van der Waals surface area contributed by atoms with Crippen LogP contribution in [0.4, 0.5) is 10.5 Å². The highest BCUT2D eigenvalue weighted by molar-refractivity contribution is 6.31. The number of aromatic nitrogens is 1. The van der Waals surface area contributed by atoms with E-state index in [1.54, 1.807) is 23.2 Å². The van der Waals surface area contributed by atoms with Gasteiger partial charge in [0.1, 0.15) is 11.4 Å². The van der Waals surface area contributed by atoms with Crippen molar-refractivity contribution in [2.24, 2.45) is 0 Å². The first-order chi connectivity index (χ1) is 15.7. The van der Waals surface area contributed by atoms with Crippen LogP contribution in [-0.2, 0) is 16.7 Å². The molecule has 1 aromatic heterocycles. The van der Waals surface area contributed by atoms with Crippen LogP contribution in [0.2, 0.25) is 5.02 Å². The molecule has 0 radical (unpaired) electrons. The number of hydrogen-bond acceptors (Lipinski definition) is 6. The van der Waals surface area contributed by atoms with Gasteiger partial charge >= 0.3 is 6.09 Å². The second kappa shape index (κ2) is 9.70. The zero-order valence-corrected chi connectivity index (χ0v) is 21.3. The lowest BCUT2D eigenvalue weighted by Crippen LogP contribution is -2.61. The van der Waals surface area contributed by atoms with Crippen molar-refractivity contribution in [3.8, 4) is 5.75 Å². The van der Waals surface area contributed by atoms with Crippen LogP contribution in [0.15, 0.2) is 30.5 Å². The van der Waals surface area contributed by atoms with E-state index in [-0.39, 0.29) is 29.2 Å². The Morgan fingerprint density at radius 1 is 1.18 bits per heavy atom. The van der Waals surface area contributed by atoms with Gasteiger partial charge in [0, 0.05) is 35.9 Å². The molecule has 184 valence electrons. The van der Waals surface area contributed by atoms with Gasteiger partial charge in [-0.05, 0) is 49.9 Å². The SMILES string of the molecule is CC(C)(C)OC(=O)N1CC(NC(=O)c2ccnc(CNc3cc(C(C)(C)C)c(Cl)cc3O)c2)C1. The molecule has 9 heteroatoms. The Morgan fingerprint density at radius 3 is 2.47 bits per heavy atom. The molecule has 0 bridgehead atoms. The lowest BCUT2D eigenvalue weighted by atomic mass is 9.86. The summed E-state index contributed by atoms with van der Waals surface area (Å²) in [6, 6.07) is 6.57. The van der Waals surface area contributed by atoms with Crippen molar-refractivity contribution in [2.75, 3.05) is 18.4 Å². The summed E-state index contributed by atoms with van der Waals surface area (Å²) in [5.74, 6) is -0.187. The third-order valence-corrected chi connectivity index (χ3v) is 5.61. The number of hydrogen-bond donors (Lipinski definition) is 3. The average Bonchev–Trinajstić information content (AvgIpc) is 2.67. The van der Waals surface area contributed by atoms with Crippen LogP contribution in [-0.4, -0.2) is 51.7 Å². The number of nitrogens with zero attached hydrogens (tertiary/aromatic N) is 2. The van der Waals surface area contributed by atoms with Crippen LogP contribution in [0.3, 0.4) is 0 Å². The molecule has 1 saturated heterocycles. The van der Waals surface area contributed by atoms with E-state index in [0.29, 0.717) is 41.6 Å². The Labute approximate surface area is 205 Å². The summed E-state index contributed by atoms with van der Waals surface area (Å²) in [7, 11) is 0. The number of phenolic OH excluding ortho intramolecular Hbond substituents is 1. The predicted octanol–water partition coefficient (Wildman–Crippen LogP) is 4.70. The van der Waals surface area contributed by atoms with Gasteiger partial charge in [0.2, 0.25) is 0 Å². The Hall–Kier alpha value is -3.00. The van der Waals surface area contributed by atoms with Gasteiger partial charge in [-0.1, -0.05) is 32.4 Å². The van der Waals surface area contributed by atoms with Crippen LogP contribution in [0.25, 0.3) is 0 Å². The molecule has 3 N–H and O–H groups in total. The molecule has 1 fully saturated rings. The van der Waals surface area contributed by atoms with Gasteiger partial charge in [-0.25, -0.2) is 4.79 Å². The van der Waals surface area contributed by atoms with Crippen LogP contribution in [0.5, 0.6) is 5.75 Å². The number of phenols is 1. The number of anilines is 1. The average molecular weight is 489 g/mol. The van der Waals surface area contributed by atoms with E-state index < -0.39 is 5.60 Å². The molecule has 2 heterocycles. The molecule has 2 aromatic rings. The van der Waals surface area contributed by atoms with Gasteiger partial charge < -0.3 is 25.4 Å². The molecular weight excluding hydrogens is 456 g/mol. The second-order valence-corrected chi connectivity index (χ2v) is 11.0. The van der Waals surface area contributed by atoms with E-state index in [1.165, 1.54) is 6.07 Å². The molecule has 0 unspecified atom stereocenters. The number of halogens is 1. The number of rotatable bonds is 5. The Morgan fingerprint density at radius 2 is 1.85 bits per heavy atom. The zero-order valence-electron chi connectivity index (χ0n) is 20.5. The number of ether oxygens (including phenoxy) is 1. The standard InChI is InChI=1S/C25H33ClN4O4/c1-24(2,3)18-10-20(21(31)11-19(18)26)28-12-16-9-15(7-8-27-16)22(32)29-17-13-30(14-17)23(33)34-25(4,5)6/h7-11,17,28,31H,12-14H2,1-6H3,(H,29,32). The lowest BCUT2D eigenvalue weighted by Gasteiger charge is -2.39. The van der Waals surface area contributed by atoms with E-state index in [4.69, 9.17) is 16.3 Å². The molecule has 1 aromatic carbocycles. The molecule has 0 saturated carbocycles. The largest absolute Gasteiger partial charge is 0.506 e. The molecular formula is C25H33ClN4O4. The first kappa shape index (κ1) is 25.6. The van der Waals surface area contributed by atoms with Crippen LogP contribution < -0.4 is 10.6 Å². The quantitative estimate of drug-likeness (QED) is 0.527.